The van der Waals surface area contributed by atoms with Crippen molar-refractivity contribution >= 4 is 5.97 Å². The number of carbonyl (C=O) groups is 1. The zero-order valence-electron chi connectivity index (χ0n) is 9.22. The molecule has 88 valence electrons. The number of rotatable bonds is 3. The van der Waals surface area contributed by atoms with Gasteiger partial charge in [-0.3, -0.25) is 9.48 Å². The van der Waals surface area contributed by atoms with Crippen molar-refractivity contribution in [3.8, 4) is 11.1 Å². The minimum Gasteiger partial charge on any atom is -0.481 e. The van der Waals surface area contributed by atoms with E-state index in [9.17, 15) is 9.18 Å². The third kappa shape index (κ3) is 2.50. The Morgan fingerprint density at radius 2 is 2.24 bits per heavy atom. The van der Waals surface area contributed by atoms with Gasteiger partial charge in [0.2, 0.25) is 0 Å². The lowest BCUT2D eigenvalue weighted by molar-refractivity contribution is -0.136. The first kappa shape index (κ1) is 11.3. The zero-order chi connectivity index (χ0) is 12.4. The molecular weight excluding hydrogens is 223 g/mol. The highest BCUT2D eigenvalue weighted by molar-refractivity contribution is 5.72. The maximum atomic E-state index is 13.4. The molecule has 1 aromatic carbocycles. The predicted octanol–water partition coefficient (Wildman–Crippen LogP) is 1.85. The summed E-state index contributed by atoms with van der Waals surface area (Å²) in [5, 5.41) is 12.7. The van der Waals surface area contributed by atoms with Gasteiger partial charge in [-0.1, -0.05) is 6.07 Å². The molecule has 0 bridgehead atoms. The number of aryl methyl sites for hydroxylation is 1. The van der Waals surface area contributed by atoms with Gasteiger partial charge < -0.3 is 5.11 Å². The average Bonchev–Trinajstić information content (AvgIpc) is 2.67. The molecule has 4 nitrogen and oxygen atoms in total. The highest BCUT2D eigenvalue weighted by Gasteiger charge is 2.09. The highest BCUT2D eigenvalue weighted by Crippen LogP contribution is 2.21. The Labute approximate surface area is 97.3 Å². The van der Waals surface area contributed by atoms with Crippen LogP contribution < -0.4 is 0 Å². The second kappa shape index (κ2) is 4.37. The van der Waals surface area contributed by atoms with Crippen LogP contribution in [0.3, 0.4) is 0 Å². The first-order valence-corrected chi connectivity index (χ1v) is 5.05. The van der Waals surface area contributed by atoms with Crippen LogP contribution in [0.1, 0.15) is 5.56 Å². The Hall–Kier alpha value is -2.17. The third-order valence-electron chi connectivity index (χ3n) is 2.43. The van der Waals surface area contributed by atoms with E-state index in [0.29, 0.717) is 0 Å². The van der Waals surface area contributed by atoms with E-state index in [1.165, 1.54) is 6.07 Å². The molecule has 17 heavy (non-hydrogen) atoms. The lowest BCUT2D eigenvalue weighted by Crippen LogP contribution is -2.02. The topological polar surface area (TPSA) is 55.1 Å². The molecule has 1 aromatic heterocycles. The van der Waals surface area contributed by atoms with Crippen LogP contribution in [-0.4, -0.2) is 20.9 Å². The van der Waals surface area contributed by atoms with Crippen molar-refractivity contribution < 1.29 is 14.3 Å². The Morgan fingerprint density at radius 1 is 1.47 bits per heavy atom. The molecule has 0 spiro atoms. The van der Waals surface area contributed by atoms with Gasteiger partial charge in [0.15, 0.2) is 0 Å². The van der Waals surface area contributed by atoms with Gasteiger partial charge >= 0.3 is 5.97 Å². The molecule has 0 amide bonds. The predicted molar refractivity (Wildman–Crippen MR) is 59.9 cm³/mol. The van der Waals surface area contributed by atoms with Crippen molar-refractivity contribution in [2.45, 2.75) is 6.42 Å². The van der Waals surface area contributed by atoms with Crippen LogP contribution in [0.2, 0.25) is 0 Å². The molecule has 0 unspecified atom stereocenters. The van der Waals surface area contributed by atoms with Crippen LogP contribution in [0.25, 0.3) is 11.1 Å². The molecule has 0 atom stereocenters. The van der Waals surface area contributed by atoms with Gasteiger partial charge in [-0.2, -0.15) is 5.10 Å². The summed E-state index contributed by atoms with van der Waals surface area (Å²) in [6.45, 7) is 0. The fourth-order valence-electron chi connectivity index (χ4n) is 1.62. The molecule has 0 fully saturated rings. The Balaban J connectivity index is 2.40. The van der Waals surface area contributed by atoms with Crippen molar-refractivity contribution in [2.24, 2.45) is 7.05 Å². The Kier molecular flexibility index (Phi) is 2.91. The molecule has 2 aromatic rings. The van der Waals surface area contributed by atoms with Gasteiger partial charge in [-0.15, -0.1) is 0 Å². The molecule has 0 aliphatic rings. The fourth-order valence-corrected chi connectivity index (χ4v) is 1.62. The van der Waals surface area contributed by atoms with Crippen molar-refractivity contribution in [3.05, 3.63) is 42.0 Å². The van der Waals surface area contributed by atoms with E-state index in [2.05, 4.69) is 5.10 Å². The lowest BCUT2D eigenvalue weighted by Gasteiger charge is -2.03. The summed E-state index contributed by atoms with van der Waals surface area (Å²) in [4.78, 5) is 10.6. The number of nitrogens with zero attached hydrogens (tertiary/aromatic N) is 2. The monoisotopic (exact) mass is 234 g/mol. The van der Waals surface area contributed by atoms with Gasteiger partial charge in [-0.05, 0) is 23.3 Å². The average molecular weight is 234 g/mol. The first-order chi connectivity index (χ1) is 8.06. The van der Waals surface area contributed by atoms with Crippen LogP contribution >= 0.6 is 0 Å². The smallest absolute Gasteiger partial charge is 0.307 e. The number of hydrogen-bond acceptors (Lipinski definition) is 2. The van der Waals surface area contributed by atoms with E-state index in [0.717, 1.165) is 11.1 Å². The van der Waals surface area contributed by atoms with Crippen LogP contribution in [0.5, 0.6) is 0 Å². The number of halogens is 1. The number of carboxylic acid groups (broad SMARTS) is 1. The second-order valence-electron chi connectivity index (χ2n) is 3.78. The SMILES string of the molecule is Cn1cc(-c2ccc(F)c(CC(=O)O)c2)cn1. The maximum Gasteiger partial charge on any atom is 0.307 e. The molecule has 0 aliphatic carbocycles. The van der Waals surface area contributed by atoms with Crippen molar-refractivity contribution in [1.29, 1.82) is 0 Å². The minimum atomic E-state index is -1.05. The summed E-state index contributed by atoms with van der Waals surface area (Å²) in [6.07, 6.45) is 3.12. The molecule has 0 aliphatic heterocycles. The number of hydrogen-bond donors (Lipinski definition) is 1. The second-order valence-corrected chi connectivity index (χ2v) is 3.78. The number of benzene rings is 1. The minimum absolute atomic E-state index is 0.179. The molecule has 0 saturated carbocycles. The van der Waals surface area contributed by atoms with Gasteiger partial charge in [-0.25, -0.2) is 4.39 Å². The van der Waals surface area contributed by atoms with Gasteiger partial charge in [0, 0.05) is 18.8 Å². The maximum absolute atomic E-state index is 13.4. The first-order valence-electron chi connectivity index (χ1n) is 5.05. The van der Waals surface area contributed by atoms with Crippen LogP contribution in [0, 0.1) is 5.82 Å². The van der Waals surface area contributed by atoms with Crippen molar-refractivity contribution in [1.82, 2.24) is 9.78 Å². The summed E-state index contributed by atoms with van der Waals surface area (Å²) in [5.41, 5.74) is 1.77. The molecule has 1 heterocycles. The van der Waals surface area contributed by atoms with E-state index in [-0.39, 0.29) is 12.0 Å². The van der Waals surface area contributed by atoms with Crippen LogP contribution in [0.15, 0.2) is 30.6 Å². The van der Waals surface area contributed by atoms with E-state index in [1.54, 1.807) is 36.3 Å². The molecule has 0 saturated heterocycles. The van der Waals surface area contributed by atoms with Crippen LogP contribution in [-0.2, 0) is 18.3 Å². The normalized spacial score (nSPS) is 10.5. The highest BCUT2D eigenvalue weighted by atomic mass is 19.1. The number of aliphatic carboxylic acids is 1. The van der Waals surface area contributed by atoms with E-state index in [1.807, 2.05) is 0 Å². The van der Waals surface area contributed by atoms with E-state index >= 15 is 0 Å². The van der Waals surface area contributed by atoms with Gasteiger partial charge in [0.25, 0.3) is 0 Å². The molecule has 0 radical (unpaired) electrons. The van der Waals surface area contributed by atoms with Crippen LogP contribution in [0.4, 0.5) is 4.39 Å². The van der Waals surface area contributed by atoms with E-state index < -0.39 is 11.8 Å². The largest absolute Gasteiger partial charge is 0.481 e. The molecular formula is C12H11FN2O2. The number of carboxylic acids is 1. The lowest BCUT2D eigenvalue weighted by atomic mass is 10.0. The zero-order valence-corrected chi connectivity index (χ0v) is 9.22. The van der Waals surface area contributed by atoms with Crippen molar-refractivity contribution in [2.75, 3.05) is 0 Å². The summed E-state index contributed by atoms with van der Waals surface area (Å²) in [5.74, 6) is -1.55. The molecule has 2 rings (SSSR count). The summed E-state index contributed by atoms with van der Waals surface area (Å²) in [6, 6.07) is 4.43. The Morgan fingerprint density at radius 3 is 2.82 bits per heavy atom. The van der Waals surface area contributed by atoms with Gasteiger partial charge in [0.05, 0.1) is 12.6 Å². The molecule has 5 heteroatoms. The molecule has 1 N–H and O–H groups in total. The summed E-state index contributed by atoms with van der Waals surface area (Å²) in [7, 11) is 1.78. The standard InChI is InChI=1S/C12H11FN2O2/c1-15-7-10(6-14-15)8-2-3-11(13)9(4-8)5-12(16)17/h2-4,6-7H,5H2,1H3,(H,16,17). The Bertz CT molecular complexity index is 563. The van der Waals surface area contributed by atoms with E-state index in [4.69, 9.17) is 5.11 Å². The quantitative estimate of drug-likeness (QED) is 0.881. The fraction of sp³-hybridized carbons (Fsp3) is 0.167. The third-order valence-corrected chi connectivity index (χ3v) is 2.43. The van der Waals surface area contributed by atoms with Crippen molar-refractivity contribution in [3.63, 3.8) is 0 Å². The summed E-state index contributed by atoms with van der Waals surface area (Å²) >= 11 is 0. The van der Waals surface area contributed by atoms with Gasteiger partial charge in [0.1, 0.15) is 5.82 Å². The number of aromatic nitrogens is 2. The summed E-state index contributed by atoms with van der Waals surface area (Å²) < 4.78 is 15.0.